The lowest BCUT2D eigenvalue weighted by Gasteiger charge is -2.19. The van der Waals surface area contributed by atoms with Crippen LogP contribution in [0.2, 0.25) is 0 Å². The second-order valence-corrected chi connectivity index (χ2v) is 16.4. The van der Waals surface area contributed by atoms with Crippen molar-refractivity contribution in [2.24, 2.45) is 5.73 Å². The number of unbranched alkanes of at least 4 members (excludes halogenated alkanes) is 27. The molecule has 0 aromatic carbocycles. The number of hydrogen-bond donors (Lipinski definition) is 2. The number of allylic oxidation sites excluding steroid dienone is 2. The van der Waals surface area contributed by atoms with Crippen molar-refractivity contribution >= 4 is 19.8 Å². The molecule has 0 heterocycles. The Morgan fingerprint density at radius 1 is 0.547 bits per heavy atom. The minimum absolute atomic E-state index is 0.0552. The summed E-state index contributed by atoms with van der Waals surface area (Å²) in [6, 6.07) is 0. The molecule has 0 rings (SSSR count). The van der Waals surface area contributed by atoms with E-state index in [0.29, 0.717) is 6.42 Å². The fraction of sp³-hybridized carbons (Fsp3) is 0.907. The van der Waals surface area contributed by atoms with Gasteiger partial charge in [-0.3, -0.25) is 18.6 Å². The van der Waals surface area contributed by atoms with E-state index >= 15 is 0 Å². The van der Waals surface area contributed by atoms with Crippen LogP contribution in [0.1, 0.15) is 219 Å². The zero-order valence-electron chi connectivity index (χ0n) is 34.5. The van der Waals surface area contributed by atoms with Crippen molar-refractivity contribution in [2.45, 2.75) is 225 Å². The van der Waals surface area contributed by atoms with Gasteiger partial charge in [-0.25, -0.2) is 4.57 Å². The van der Waals surface area contributed by atoms with Gasteiger partial charge in [0.15, 0.2) is 6.10 Å². The molecule has 0 spiro atoms. The molecule has 0 aromatic heterocycles. The van der Waals surface area contributed by atoms with E-state index in [9.17, 15) is 19.0 Å². The Morgan fingerprint density at radius 2 is 0.925 bits per heavy atom. The number of carbonyl (C=O) groups excluding carboxylic acids is 2. The van der Waals surface area contributed by atoms with E-state index in [4.69, 9.17) is 24.3 Å². The maximum Gasteiger partial charge on any atom is 0.472 e. The summed E-state index contributed by atoms with van der Waals surface area (Å²) in [6.07, 6.45) is 40.9. The second-order valence-electron chi connectivity index (χ2n) is 14.9. The van der Waals surface area contributed by atoms with E-state index in [1.807, 2.05) is 0 Å². The Bertz CT molecular complexity index is 886. The Morgan fingerprint density at radius 3 is 1.34 bits per heavy atom. The fourth-order valence-electron chi connectivity index (χ4n) is 6.34. The molecule has 2 atom stereocenters. The zero-order valence-corrected chi connectivity index (χ0v) is 35.4. The third-order valence-electron chi connectivity index (χ3n) is 9.65. The minimum atomic E-state index is -4.37. The van der Waals surface area contributed by atoms with Crippen molar-refractivity contribution in [1.82, 2.24) is 0 Å². The number of phosphoric acid groups is 1. The van der Waals surface area contributed by atoms with Gasteiger partial charge in [0.25, 0.3) is 0 Å². The molecular formula is C43H84NO8P. The van der Waals surface area contributed by atoms with Gasteiger partial charge < -0.3 is 20.1 Å². The highest BCUT2D eigenvalue weighted by molar-refractivity contribution is 7.47. The molecule has 0 bridgehead atoms. The molecule has 0 aliphatic rings. The van der Waals surface area contributed by atoms with E-state index in [2.05, 4.69) is 26.0 Å². The topological polar surface area (TPSA) is 134 Å². The van der Waals surface area contributed by atoms with Crippen LogP contribution in [0.15, 0.2) is 12.2 Å². The molecule has 3 N–H and O–H groups in total. The Balaban J connectivity index is 4.12. The van der Waals surface area contributed by atoms with Crippen LogP contribution in [0.3, 0.4) is 0 Å². The van der Waals surface area contributed by atoms with Gasteiger partial charge in [-0.2, -0.15) is 0 Å². The van der Waals surface area contributed by atoms with Crippen molar-refractivity contribution in [1.29, 1.82) is 0 Å². The molecule has 9 nitrogen and oxygen atoms in total. The number of hydrogen-bond acceptors (Lipinski definition) is 8. The standard InChI is InChI=1S/C43H84NO8P/c1-3-5-7-9-11-13-15-17-19-21-23-25-27-29-31-33-35-42(45)49-39-41(40-51-53(47,48)50-38-37-44)52-43(46)36-34-32-30-28-26-24-22-20-18-16-14-12-10-8-6-4-2/h19,21,41H,3-18,20,22-40,44H2,1-2H3,(H,47,48)/b21-19-/t41-/m1/s1. The third kappa shape index (κ3) is 40.2. The molecule has 0 aliphatic carbocycles. The monoisotopic (exact) mass is 774 g/mol. The average Bonchev–Trinajstić information content (AvgIpc) is 3.14. The fourth-order valence-corrected chi connectivity index (χ4v) is 7.10. The quantitative estimate of drug-likeness (QED) is 0.0269. The van der Waals surface area contributed by atoms with Gasteiger partial charge >= 0.3 is 19.8 Å². The van der Waals surface area contributed by atoms with Gasteiger partial charge in [0.05, 0.1) is 13.2 Å². The molecule has 10 heteroatoms. The molecule has 53 heavy (non-hydrogen) atoms. The summed E-state index contributed by atoms with van der Waals surface area (Å²) in [5.41, 5.74) is 5.35. The van der Waals surface area contributed by atoms with Crippen LogP contribution < -0.4 is 5.73 Å². The van der Waals surface area contributed by atoms with Gasteiger partial charge in [0.2, 0.25) is 0 Å². The number of esters is 2. The summed E-state index contributed by atoms with van der Waals surface area (Å²) in [7, 11) is -4.37. The summed E-state index contributed by atoms with van der Waals surface area (Å²) in [5.74, 6) is -0.827. The number of ether oxygens (including phenoxy) is 2. The Kier molecular flexibility index (Phi) is 39.5. The summed E-state index contributed by atoms with van der Waals surface area (Å²) >= 11 is 0. The first-order chi connectivity index (χ1) is 25.8. The first-order valence-electron chi connectivity index (χ1n) is 22.2. The highest BCUT2D eigenvalue weighted by atomic mass is 31.2. The number of carbonyl (C=O) groups is 2. The molecule has 1 unspecified atom stereocenters. The summed E-state index contributed by atoms with van der Waals surface area (Å²) in [6.45, 7) is 3.75. The lowest BCUT2D eigenvalue weighted by molar-refractivity contribution is -0.161. The average molecular weight is 774 g/mol. The lowest BCUT2D eigenvalue weighted by Crippen LogP contribution is -2.29. The molecule has 0 amide bonds. The lowest BCUT2D eigenvalue weighted by atomic mass is 10.0. The molecular weight excluding hydrogens is 689 g/mol. The van der Waals surface area contributed by atoms with Gasteiger partial charge in [0.1, 0.15) is 6.61 Å². The van der Waals surface area contributed by atoms with Crippen molar-refractivity contribution in [2.75, 3.05) is 26.4 Å². The maximum atomic E-state index is 12.6. The molecule has 0 saturated carbocycles. The summed E-state index contributed by atoms with van der Waals surface area (Å²) < 4.78 is 32.8. The van der Waals surface area contributed by atoms with Crippen molar-refractivity contribution < 1.29 is 37.6 Å². The smallest absolute Gasteiger partial charge is 0.462 e. The summed E-state index contributed by atoms with van der Waals surface area (Å²) in [5, 5.41) is 0. The van der Waals surface area contributed by atoms with Crippen LogP contribution in [0, 0.1) is 0 Å². The second kappa shape index (κ2) is 40.4. The highest BCUT2D eigenvalue weighted by Crippen LogP contribution is 2.43. The maximum absolute atomic E-state index is 12.6. The van der Waals surface area contributed by atoms with E-state index in [1.165, 1.54) is 135 Å². The molecule has 314 valence electrons. The van der Waals surface area contributed by atoms with Crippen LogP contribution in [-0.2, 0) is 32.7 Å². The van der Waals surface area contributed by atoms with Crippen molar-refractivity contribution in [3.05, 3.63) is 12.2 Å². The molecule has 0 aliphatic heterocycles. The van der Waals surface area contributed by atoms with Crippen LogP contribution in [0.5, 0.6) is 0 Å². The predicted molar refractivity (Wildman–Crippen MR) is 220 cm³/mol. The Hall–Kier alpha value is -1.25. The van der Waals surface area contributed by atoms with Crippen LogP contribution in [0.25, 0.3) is 0 Å². The first kappa shape index (κ1) is 51.8. The van der Waals surface area contributed by atoms with Crippen molar-refractivity contribution in [3.63, 3.8) is 0 Å². The SMILES string of the molecule is CCCCCCCCC/C=C\CCCCCCCC(=O)OC[C@H](COP(=O)(O)OCCN)OC(=O)CCCCCCCCCCCCCCCCCC. The Labute approximate surface area is 326 Å². The first-order valence-corrected chi connectivity index (χ1v) is 23.7. The van der Waals surface area contributed by atoms with Gasteiger partial charge in [-0.1, -0.05) is 180 Å². The van der Waals surface area contributed by atoms with Gasteiger partial charge in [-0.05, 0) is 38.5 Å². The third-order valence-corrected chi connectivity index (χ3v) is 10.6. The van der Waals surface area contributed by atoms with Crippen LogP contribution >= 0.6 is 7.82 Å². The highest BCUT2D eigenvalue weighted by Gasteiger charge is 2.26. The number of rotatable bonds is 42. The predicted octanol–water partition coefficient (Wildman–Crippen LogP) is 12.6. The number of nitrogens with two attached hydrogens (primary N) is 1. The number of phosphoric ester groups is 1. The van der Waals surface area contributed by atoms with Crippen LogP contribution in [-0.4, -0.2) is 49.3 Å². The van der Waals surface area contributed by atoms with E-state index in [-0.39, 0.29) is 38.6 Å². The normalized spacial score (nSPS) is 13.4. The molecule has 0 saturated heterocycles. The molecule has 0 aromatic rings. The van der Waals surface area contributed by atoms with E-state index in [1.54, 1.807) is 0 Å². The van der Waals surface area contributed by atoms with Crippen molar-refractivity contribution in [3.8, 4) is 0 Å². The van der Waals surface area contributed by atoms with Gasteiger partial charge in [-0.15, -0.1) is 0 Å². The zero-order chi connectivity index (χ0) is 38.9. The van der Waals surface area contributed by atoms with Gasteiger partial charge in [0, 0.05) is 19.4 Å². The van der Waals surface area contributed by atoms with E-state index in [0.717, 1.165) is 51.4 Å². The largest absolute Gasteiger partial charge is 0.472 e. The molecule has 0 radical (unpaired) electrons. The molecule has 0 fully saturated rings. The summed E-state index contributed by atoms with van der Waals surface area (Å²) in [4.78, 5) is 34.9. The minimum Gasteiger partial charge on any atom is -0.462 e. The van der Waals surface area contributed by atoms with E-state index < -0.39 is 26.5 Å². The van der Waals surface area contributed by atoms with Crippen LogP contribution in [0.4, 0.5) is 0 Å².